The summed E-state index contributed by atoms with van der Waals surface area (Å²) in [5, 5.41) is 13.5. The van der Waals surface area contributed by atoms with Crippen molar-refractivity contribution in [1.82, 2.24) is 10.3 Å². The highest BCUT2D eigenvalue weighted by molar-refractivity contribution is 5.19. The molecule has 3 atom stereocenters. The lowest BCUT2D eigenvalue weighted by Crippen LogP contribution is -2.34. The van der Waals surface area contributed by atoms with Gasteiger partial charge in [-0.2, -0.15) is 4.39 Å². The molecular weight excluding hydrogens is 223 g/mol. The Morgan fingerprint density at radius 3 is 3.24 bits per heavy atom. The molecule has 1 saturated heterocycles. The van der Waals surface area contributed by atoms with E-state index < -0.39 is 11.5 Å². The molecule has 0 unspecified atom stereocenters. The fourth-order valence-corrected chi connectivity index (χ4v) is 2.86. The highest BCUT2D eigenvalue weighted by atomic mass is 19.1. The number of pyridine rings is 1. The molecule has 17 heavy (non-hydrogen) atoms. The Labute approximate surface area is 98.8 Å². The van der Waals surface area contributed by atoms with Gasteiger partial charge in [-0.25, -0.2) is 4.98 Å². The molecule has 1 aliphatic carbocycles. The van der Waals surface area contributed by atoms with Crippen molar-refractivity contribution in [2.24, 2.45) is 5.92 Å². The van der Waals surface area contributed by atoms with Gasteiger partial charge in [-0.1, -0.05) is 0 Å². The van der Waals surface area contributed by atoms with Crippen molar-refractivity contribution >= 4 is 0 Å². The number of β-amino-alcohol motifs (C(OH)–C–C–N with tert-alkyl or cyclic N) is 1. The van der Waals surface area contributed by atoms with Gasteiger partial charge < -0.3 is 15.2 Å². The van der Waals surface area contributed by atoms with Crippen LogP contribution in [0, 0.1) is 11.9 Å². The first-order valence-corrected chi connectivity index (χ1v) is 5.88. The van der Waals surface area contributed by atoms with Gasteiger partial charge in [0.05, 0.1) is 5.60 Å². The first-order chi connectivity index (χ1) is 8.17. The van der Waals surface area contributed by atoms with Crippen LogP contribution in [0.25, 0.3) is 0 Å². The fraction of sp³-hybridized carbons (Fsp3) is 0.583. The van der Waals surface area contributed by atoms with E-state index in [1.165, 1.54) is 6.20 Å². The average molecular weight is 238 g/mol. The van der Waals surface area contributed by atoms with Crippen LogP contribution in [0.3, 0.4) is 0 Å². The Bertz CT molecular complexity index is 429. The fourth-order valence-electron chi connectivity index (χ4n) is 2.86. The minimum atomic E-state index is -0.677. The number of halogens is 1. The smallest absolute Gasteiger partial charge is 0.255 e. The summed E-state index contributed by atoms with van der Waals surface area (Å²) in [6.07, 6.45) is 2.59. The summed E-state index contributed by atoms with van der Waals surface area (Å²) < 4.78 is 18.9. The highest BCUT2D eigenvalue weighted by Crippen LogP contribution is 2.40. The van der Waals surface area contributed by atoms with E-state index in [1.54, 1.807) is 12.1 Å². The van der Waals surface area contributed by atoms with Gasteiger partial charge in [-0.3, -0.25) is 0 Å². The van der Waals surface area contributed by atoms with E-state index in [0.717, 1.165) is 13.0 Å². The van der Waals surface area contributed by atoms with Gasteiger partial charge in [0, 0.05) is 31.6 Å². The van der Waals surface area contributed by atoms with Crippen LogP contribution >= 0.6 is 0 Å². The van der Waals surface area contributed by atoms with Crippen LogP contribution in [0.5, 0.6) is 5.75 Å². The molecule has 2 N–H and O–H groups in total. The molecule has 2 aliphatic rings. The van der Waals surface area contributed by atoms with Crippen molar-refractivity contribution in [3.05, 3.63) is 24.3 Å². The highest BCUT2D eigenvalue weighted by Gasteiger charge is 2.50. The number of aliphatic hydroxyl groups is 1. The SMILES string of the molecule is O[C@@]12CNC[C@@H]1C[C@@H](Oc1cccnc1F)C2. The quantitative estimate of drug-likeness (QED) is 0.745. The van der Waals surface area contributed by atoms with Crippen molar-refractivity contribution in [3.63, 3.8) is 0 Å². The average Bonchev–Trinajstić information content (AvgIpc) is 2.76. The van der Waals surface area contributed by atoms with Gasteiger partial charge in [-0.05, 0) is 18.6 Å². The van der Waals surface area contributed by atoms with Crippen molar-refractivity contribution < 1.29 is 14.2 Å². The number of nitrogens with one attached hydrogen (secondary N) is 1. The number of hydrogen-bond acceptors (Lipinski definition) is 4. The molecule has 1 aromatic heterocycles. The lowest BCUT2D eigenvalue weighted by atomic mass is 9.95. The second kappa shape index (κ2) is 3.92. The Balaban J connectivity index is 1.71. The number of ether oxygens (including phenoxy) is 1. The predicted octanol–water partition coefficient (Wildman–Crippen LogP) is 0.712. The molecule has 0 bridgehead atoms. The van der Waals surface area contributed by atoms with Crippen molar-refractivity contribution in [3.8, 4) is 5.75 Å². The zero-order chi connectivity index (χ0) is 11.9. The van der Waals surface area contributed by atoms with E-state index in [4.69, 9.17) is 4.74 Å². The second-order valence-electron chi connectivity index (χ2n) is 4.90. The number of fused-ring (bicyclic) bond motifs is 1. The van der Waals surface area contributed by atoms with Crippen LogP contribution in [-0.4, -0.2) is 34.9 Å². The molecule has 92 valence electrons. The number of hydrogen-bond donors (Lipinski definition) is 2. The molecule has 0 aromatic carbocycles. The van der Waals surface area contributed by atoms with Crippen LogP contribution in [0.4, 0.5) is 4.39 Å². The minimum absolute atomic E-state index is 0.120. The summed E-state index contributed by atoms with van der Waals surface area (Å²) >= 11 is 0. The van der Waals surface area contributed by atoms with Gasteiger partial charge in [0.2, 0.25) is 0 Å². The summed E-state index contributed by atoms with van der Waals surface area (Å²) in [5.41, 5.74) is -0.677. The van der Waals surface area contributed by atoms with Gasteiger partial charge in [0.25, 0.3) is 5.95 Å². The summed E-state index contributed by atoms with van der Waals surface area (Å²) in [6, 6.07) is 3.21. The molecule has 1 saturated carbocycles. The molecule has 3 rings (SSSR count). The number of aromatic nitrogens is 1. The topological polar surface area (TPSA) is 54.4 Å². The summed E-state index contributed by atoms with van der Waals surface area (Å²) in [7, 11) is 0. The predicted molar refractivity (Wildman–Crippen MR) is 59.2 cm³/mol. The van der Waals surface area contributed by atoms with Gasteiger partial charge >= 0.3 is 0 Å². The normalized spacial score (nSPS) is 35.9. The maximum absolute atomic E-state index is 13.3. The van der Waals surface area contributed by atoms with Crippen molar-refractivity contribution in [1.29, 1.82) is 0 Å². The maximum Gasteiger partial charge on any atom is 0.255 e. The van der Waals surface area contributed by atoms with E-state index in [-0.39, 0.29) is 17.8 Å². The molecule has 1 aliphatic heterocycles. The van der Waals surface area contributed by atoms with E-state index in [1.807, 2.05) is 0 Å². The second-order valence-corrected chi connectivity index (χ2v) is 4.90. The van der Waals surface area contributed by atoms with Crippen LogP contribution in [0.2, 0.25) is 0 Å². The first-order valence-electron chi connectivity index (χ1n) is 5.88. The first kappa shape index (κ1) is 10.9. The maximum atomic E-state index is 13.3. The lowest BCUT2D eigenvalue weighted by Gasteiger charge is -2.20. The Kier molecular flexibility index (Phi) is 2.52. The van der Waals surface area contributed by atoms with Crippen molar-refractivity contribution in [2.75, 3.05) is 13.1 Å². The number of rotatable bonds is 2. The van der Waals surface area contributed by atoms with Crippen LogP contribution in [-0.2, 0) is 0 Å². The molecule has 2 heterocycles. The summed E-state index contributed by atoms with van der Waals surface area (Å²) in [6.45, 7) is 1.42. The molecular formula is C12H15FN2O2. The molecule has 5 heteroatoms. The Morgan fingerprint density at radius 2 is 2.47 bits per heavy atom. The lowest BCUT2D eigenvalue weighted by molar-refractivity contribution is 0.0300. The standard InChI is InChI=1S/C12H15FN2O2/c13-11-10(2-1-3-15-11)17-9-4-8-6-14-7-12(8,16)5-9/h1-3,8-9,14,16H,4-7H2/t8-,9+,12-/m0/s1. The Morgan fingerprint density at radius 1 is 1.59 bits per heavy atom. The molecule has 0 radical (unpaired) electrons. The molecule has 2 fully saturated rings. The zero-order valence-corrected chi connectivity index (χ0v) is 9.40. The van der Waals surface area contributed by atoms with E-state index in [9.17, 15) is 9.50 Å². The van der Waals surface area contributed by atoms with Gasteiger partial charge in [0.1, 0.15) is 6.10 Å². The third kappa shape index (κ3) is 1.89. The third-order valence-electron chi connectivity index (χ3n) is 3.73. The van der Waals surface area contributed by atoms with Crippen LogP contribution in [0.15, 0.2) is 18.3 Å². The summed E-state index contributed by atoms with van der Waals surface area (Å²) in [5.74, 6) is -0.198. The molecule has 1 aromatic rings. The van der Waals surface area contributed by atoms with E-state index in [2.05, 4.69) is 10.3 Å². The largest absolute Gasteiger partial charge is 0.486 e. The molecule has 0 spiro atoms. The third-order valence-corrected chi connectivity index (χ3v) is 3.73. The van der Waals surface area contributed by atoms with Crippen molar-refractivity contribution in [2.45, 2.75) is 24.5 Å². The van der Waals surface area contributed by atoms with Gasteiger partial charge in [0.15, 0.2) is 5.75 Å². The Hall–Kier alpha value is -1.20. The van der Waals surface area contributed by atoms with Gasteiger partial charge in [-0.15, -0.1) is 0 Å². The van der Waals surface area contributed by atoms with Crippen LogP contribution < -0.4 is 10.1 Å². The molecule has 4 nitrogen and oxygen atoms in total. The molecule has 0 amide bonds. The zero-order valence-electron chi connectivity index (χ0n) is 9.40. The number of nitrogens with zero attached hydrogens (tertiary/aromatic N) is 1. The monoisotopic (exact) mass is 238 g/mol. The summed E-state index contributed by atoms with van der Waals surface area (Å²) in [4.78, 5) is 3.54. The van der Waals surface area contributed by atoms with Crippen LogP contribution in [0.1, 0.15) is 12.8 Å². The van der Waals surface area contributed by atoms with E-state index >= 15 is 0 Å². The minimum Gasteiger partial charge on any atom is -0.486 e. The van der Waals surface area contributed by atoms with E-state index in [0.29, 0.717) is 13.0 Å².